The molecule has 0 spiro atoms. The highest BCUT2D eigenvalue weighted by molar-refractivity contribution is 9.10. The zero-order valence-electron chi connectivity index (χ0n) is 10.5. The standard InChI is InChI=1S/C11H9BrF3N3O2S/c1-18-10(4-5-16-18)21(19,20)17-9-6-7(11(13,14)15)2-3-8(9)12/h2-6,17H,1H3. The fraction of sp³-hybridized carbons (Fsp3) is 0.182. The van der Waals surface area contributed by atoms with Crippen LogP contribution in [0.25, 0.3) is 0 Å². The molecule has 1 aromatic carbocycles. The number of hydrogen-bond donors (Lipinski definition) is 1. The molecule has 0 aliphatic heterocycles. The van der Waals surface area contributed by atoms with Crippen LogP contribution in [0.3, 0.4) is 0 Å². The van der Waals surface area contributed by atoms with Crippen molar-refractivity contribution in [3.8, 4) is 0 Å². The molecule has 0 saturated heterocycles. The summed E-state index contributed by atoms with van der Waals surface area (Å²) in [4.78, 5) is 0. The minimum Gasteiger partial charge on any atom is -0.277 e. The number of aryl methyl sites for hydroxylation is 1. The van der Waals surface area contributed by atoms with Gasteiger partial charge in [-0.25, -0.2) is 0 Å². The third-order valence-electron chi connectivity index (χ3n) is 2.59. The maximum absolute atomic E-state index is 12.7. The quantitative estimate of drug-likeness (QED) is 0.885. The van der Waals surface area contributed by atoms with Gasteiger partial charge in [0.2, 0.25) is 0 Å². The molecular weight excluding hydrogens is 375 g/mol. The molecular formula is C11H9BrF3N3O2S. The summed E-state index contributed by atoms with van der Waals surface area (Å²) in [7, 11) is -2.62. The lowest BCUT2D eigenvalue weighted by atomic mass is 10.2. The van der Waals surface area contributed by atoms with E-state index in [0.717, 1.165) is 22.9 Å². The lowest BCUT2D eigenvalue weighted by molar-refractivity contribution is -0.137. The van der Waals surface area contributed by atoms with Gasteiger partial charge in [-0.2, -0.15) is 26.7 Å². The Balaban J connectivity index is 2.42. The van der Waals surface area contributed by atoms with Gasteiger partial charge in [0, 0.05) is 11.5 Å². The zero-order chi connectivity index (χ0) is 15.8. The highest BCUT2D eigenvalue weighted by atomic mass is 79.9. The van der Waals surface area contributed by atoms with Gasteiger partial charge >= 0.3 is 6.18 Å². The Morgan fingerprint density at radius 2 is 1.95 bits per heavy atom. The second kappa shape index (κ2) is 5.34. The predicted octanol–water partition coefficient (Wildman–Crippen LogP) is 3.00. The van der Waals surface area contributed by atoms with Crippen molar-refractivity contribution in [1.82, 2.24) is 9.78 Å². The lowest BCUT2D eigenvalue weighted by Gasteiger charge is -2.13. The molecule has 114 valence electrons. The largest absolute Gasteiger partial charge is 0.416 e. The van der Waals surface area contributed by atoms with Gasteiger partial charge < -0.3 is 0 Å². The zero-order valence-corrected chi connectivity index (χ0v) is 12.9. The van der Waals surface area contributed by atoms with E-state index in [-0.39, 0.29) is 15.2 Å². The van der Waals surface area contributed by atoms with E-state index in [1.54, 1.807) is 0 Å². The molecule has 2 rings (SSSR count). The smallest absolute Gasteiger partial charge is 0.277 e. The van der Waals surface area contributed by atoms with Crippen molar-refractivity contribution in [2.75, 3.05) is 4.72 Å². The normalized spacial score (nSPS) is 12.4. The van der Waals surface area contributed by atoms with Crippen molar-refractivity contribution in [1.29, 1.82) is 0 Å². The Morgan fingerprint density at radius 3 is 2.48 bits per heavy atom. The first-order valence-corrected chi connectivity index (χ1v) is 7.76. The van der Waals surface area contributed by atoms with E-state index in [1.807, 2.05) is 0 Å². The van der Waals surface area contributed by atoms with E-state index in [0.29, 0.717) is 0 Å². The Hall–Kier alpha value is -1.55. The Labute approximate surface area is 127 Å². The van der Waals surface area contributed by atoms with Gasteiger partial charge in [-0.3, -0.25) is 9.40 Å². The summed E-state index contributed by atoms with van der Waals surface area (Å²) in [5.74, 6) is 0. The van der Waals surface area contributed by atoms with Crippen LogP contribution in [-0.2, 0) is 23.2 Å². The maximum Gasteiger partial charge on any atom is 0.416 e. The summed E-state index contributed by atoms with van der Waals surface area (Å²) in [5, 5.41) is 3.55. The molecule has 0 saturated carbocycles. The van der Waals surface area contributed by atoms with Gasteiger partial charge in [0.1, 0.15) is 0 Å². The molecule has 0 aliphatic carbocycles. The molecule has 0 unspecified atom stereocenters. The third-order valence-corrected chi connectivity index (χ3v) is 4.72. The minimum absolute atomic E-state index is 0.160. The lowest BCUT2D eigenvalue weighted by Crippen LogP contribution is -2.17. The van der Waals surface area contributed by atoms with Crippen LogP contribution in [0.4, 0.5) is 18.9 Å². The van der Waals surface area contributed by atoms with Gasteiger partial charge in [-0.15, -0.1) is 0 Å². The molecule has 0 aliphatic rings. The van der Waals surface area contributed by atoms with Crippen molar-refractivity contribution < 1.29 is 21.6 Å². The van der Waals surface area contributed by atoms with Crippen LogP contribution in [0.1, 0.15) is 5.56 Å². The van der Waals surface area contributed by atoms with Crippen molar-refractivity contribution >= 4 is 31.6 Å². The topological polar surface area (TPSA) is 64.0 Å². The maximum atomic E-state index is 12.7. The number of hydrogen-bond acceptors (Lipinski definition) is 3. The molecule has 0 atom stereocenters. The molecule has 0 bridgehead atoms. The number of alkyl halides is 3. The van der Waals surface area contributed by atoms with Crippen LogP contribution in [-0.4, -0.2) is 18.2 Å². The molecule has 21 heavy (non-hydrogen) atoms. The van der Waals surface area contributed by atoms with E-state index >= 15 is 0 Å². The minimum atomic E-state index is -4.56. The van der Waals surface area contributed by atoms with Gasteiger partial charge in [-0.1, -0.05) is 0 Å². The Kier molecular flexibility index (Phi) is 4.02. The number of rotatable bonds is 3. The fourth-order valence-electron chi connectivity index (χ4n) is 1.60. The van der Waals surface area contributed by atoms with E-state index in [4.69, 9.17) is 0 Å². The average Bonchev–Trinajstić information content (AvgIpc) is 2.77. The van der Waals surface area contributed by atoms with Gasteiger partial charge in [-0.05, 0) is 40.2 Å². The van der Waals surface area contributed by atoms with Crippen molar-refractivity contribution in [2.45, 2.75) is 11.2 Å². The van der Waals surface area contributed by atoms with Gasteiger partial charge in [0.15, 0.2) is 5.03 Å². The van der Waals surface area contributed by atoms with Crippen molar-refractivity contribution in [3.63, 3.8) is 0 Å². The average molecular weight is 384 g/mol. The second-order valence-electron chi connectivity index (χ2n) is 4.09. The molecule has 0 radical (unpaired) electrons. The SMILES string of the molecule is Cn1nccc1S(=O)(=O)Nc1cc(C(F)(F)F)ccc1Br. The number of sulfonamides is 1. The monoisotopic (exact) mass is 383 g/mol. The first kappa shape index (κ1) is 15.8. The van der Waals surface area contributed by atoms with Crippen LogP contribution in [0, 0.1) is 0 Å². The highest BCUT2D eigenvalue weighted by Crippen LogP contribution is 2.34. The van der Waals surface area contributed by atoms with Crippen LogP contribution in [0.15, 0.2) is 40.0 Å². The number of anilines is 1. The summed E-state index contributed by atoms with van der Waals surface area (Å²) >= 11 is 3.01. The van der Waals surface area contributed by atoms with Gasteiger partial charge in [0.05, 0.1) is 17.4 Å². The van der Waals surface area contributed by atoms with E-state index in [2.05, 4.69) is 25.8 Å². The van der Waals surface area contributed by atoms with Crippen LogP contribution < -0.4 is 4.72 Å². The first-order valence-electron chi connectivity index (χ1n) is 5.49. The van der Waals surface area contributed by atoms with Crippen molar-refractivity contribution in [3.05, 3.63) is 40.5 Å². The summed E-state index contributed by atoms with van der Waals surface area (Å²) in [5.41, 5.74) is -1.15. The number of halogens is 4. The van der Waals surface area contributed by atoms with Crippen LogP contribution in [0.2, 0.25) is 0 Å². The summed E-state index contributed by atoms with van der Waals surface area (Å²) < 4.78 is 65.6. The molecule has 1 heterocycles. The summed E-state index contributed by atoms with van der Waals surface area (Å²) in [6.45, 7) is 0. The van der Waals surface area contributed by atoms with Crippen LogP contribution >= 0.6 is 15.9 Å². The van der Waals surface area contributed by atoms with E-state index in [1.165, 1.54) is 19.3 Å². The molecule has 0 fully saturated rings. The van der Waals surface area contributed by atoms with Crippen molar-refractivity contribution in [2.24, 2.45) is 7.05 Å². The second-order valence-corrected chi connectivity index (χ2v) is 6.57. The Morgan fingerprint density at radius 1 is 1.29 bits per heavy atom. The van der Waals surface area contributed by atoms with Gasteiger partial charge in [0.25, 0.3) is 10.0 Å². The Bertz CT molecular complexity index is 771. The molecule has 1 aromatic heterocycles. The molecule has 0 amide bonds. The molecule has 2 aromatic rings. The summed E-state index contributed by atoms with van der Waals surface area (Å²) in [6, 6.07) is 3.94. The number of benzene rings is 1. The van der Waals surface area contributed by atoms with Crippen LogP contribution in [0.5, 0.6) is 0 Å². The van der Waals surface area contributed by atoms with E-state index in [9.17, 15) is 21.6 Å². The summed E-state index contributed by atoms with van der Waals surface area (Å²) in [6.07, 6.45) is -3.29. The first-order chi connectivity index (χ1) is 9.61. The number of nitrogens with zero attached hydrogens (tertiary/aromatic N) is 2. The molecule has 1 N–H and O–H groups in total. The number of nitrogens with one attached hydrogen (secondary N) is 1. The third kappa shape index (κ3) is 3.38. The molecule has 5 nitrogen and oxygen atoms in total. The van der Waals surface area contributed by atoms with E-state index < -0.39 is 21.8 Å². The highest BCUT2D eigenvalue weighted by Gasteiger charge is 2.31. The fourth-order valence-corrected chi connectivity index (χ4v) is 3.28. The predicted molar refractivity (Wildman–Crippen MR) is 73.2 cm³/mol. The number of aromatic nitrogens is 2. The molecule has 10 heteroatoms.